The smallest absolute Gasteiger partial charge is 0.272 e. The van der Waals surface area contributed by atoms with Gasteiger partial charge in [0.25, 0.3) is 11.6 Å². The number of nitrogens with zero attached hydrogens (tertiary/aromatic N) is 2. The van der Waals surface area contributed by atoms with Crippen LogP contribution in [0.15, 0.2) is 42.5 Å². The molecule has 2 N–H and O–H groups in total. The Hall–Kier alpha value is -2.93. The standard InChI is InChI=1S/C17H19N3O4/c1-12-11-13(3-8-16(12)20(23)24)17(22)18-14-4-6-15(7-5-14)19(2)9-10-21/h3-8,11,21H,9-10H2,1-2H3,(H,18,22). The third-order valence-electron chi connectivity index (χ3n) is 3.66. The highest BCUT2D eigenvalue weighted by atomic mass is 16.6. The van der Waals surface area contributed by atoms with Crippen molar-refractivity contribution in [2.24, 2.45) is 0 Å². The second kappa shape index (κ2) is 7.56. The van der Waals surface area contributed by atoms with E-state index in [0.29, 0.717) is 23.4 Å². The summed E-state index contributed by atoms with van der Waals surface area (Å²) < 4.78 is 0. The van der Waals surface area contributed by atoms with Crippen molar-refractivity contribution in [2.75, 3.05) is 30.4 Å². The molecule has 2 aromatic carbocycles. The van der Waals surface area contributed by atoms with E-state index in [0.717, 1.165) is 5.69 Å². The van der Waals surface area contributed by atoms with Gasteiger partial charge in [-0.2, -0.15) is 0 Å². The Morgan fingerprint density at radius 3 is 2.46 bits per heavy atom. The molecule has 0 bridgehead atoms. The third-order valence-corrected chi connectivity index (χ3v) is 3.66. The average Bonchev–Trinajstić information content (AvgIpc) is 2.55. The Morgan fingerprint density at radius 2 is 1.92 bits per heavy atom. The van der Waals surface area contributed by atoms with Crippen LogP contribution in [0.5, 0.6) is 0 Å². The molecule has 0 saturated heterocycles. The van der Waals surface area contributed by atoms with Crippen LogP contribution in [0.4, 0.5) is 17.1 Å². The molecule has 7 nitrogen and oxygen atoms in total. The Balaban J connectivity index is 2.09. The lowest BCUT2D eigenvalue weighted by molar-refractivity contribution is -0.385. The second-order valence-electron chi connectivity index (χ2n) is 5.40. The van der Waals surface area contributed by atoms with Crippen LogP contribution in [0.1, 0.15) is 15.9 Å². The maximum absolute atomic E-state index is 12.2. The van der Waals surface area contributed by atoms with Crippen LogP contribution in [0, 0.1) is 17.0 Å². The fourth-order valence-corrected chi connectivity index (χ4v) is 2.28. The quantitative estimate of drug-likeness (QED) is 0.627. The zero-order valence-corrected chi connectivity index (χ0v) is 13.5. The fraction of sp³-hybridized carbons (Fsp3) is 0.235. The molecule has 0 spiro atoms. The molecule has 2 rings (SSSR count). The van der Waals surface area contributed by atoms with Crippen LogP contribution in [-0.2, 0) is 0 Å². The summed E-state index contributed by atoms with van der Waals surface area (Å²) in [7, 11) is 1.86. The fourth-order valence-electron chi connectivity index (χ4n) is 2.28. The minimum absolute atomic E-state index is 0.0113. The summed E-state index contributed by atoms with van der Waals surface area (Å²) in [4.78, 5) is 24.5. The number of anilines is 2. The minimum Gasteiger partial charge on any atom is -0.395 e. The molecule has 0 radical (unpaired) electrons. The van der Waals surface area contributed by atoms with Crippen LogP contribution in [-0.4, -0.2) is 36.1 Å². The summed E-state index contributed by atoms with van der Waals surface area (Å²) in [5.41, 5.74) is 2.33. The van der Waals surface area contributed by atoms with Gasteiger partial charge in [-0.3, -0.25) is 14.9 Å². The Morgan fingerprint density at radius 1 is 1.25 bits per heavy atom. The van der Waals surface area contributed by atoms with Gasteiger partial charge in [0.05, 0.1) is 11.5 Å². The number of benzene rings is 2. The van der Waals surface area contributed by atoms with Crippen molar-refractivity contribution in [2.45, 2.75) is 6.92 Å². The second-order valence-corrected chi connectivity index (χ2v) is 5.40. The molecule has 0 aromatic heterocycles. The van der Waals surface area contributed by atoms with Crippen molar-refractivity contribution in [3.8, 4) is 0 Å². The van der Waals surface area contributed by atoms with Gasteiger partial charge >= 0.3 is 0 Å². The number of carbonyl (C=O) groups is 1. The number of hydrogen-bond acceptors (Lipinski definition) is 5. The molecular weight excluding hydrogens is 310 g/mol. The number of nitro benzene ring substituents is 1. The van der Waals surface area contributed by atoms with Crippen LogP contribution >= 0.6 is 0 Å². The van der Waals surface area contributed by atoms with E-state index in [-0.39, 0.29) is 18.2 Å². The molecule has 0 heterocycles. The Labute approximate surface area is 139 Å². The molecule has 0 aliphatic carbocycles. The highest BCUT2D eigenvalue weighted by molar-refractivity contribution is 6.04. The first-order chi connectivity index (χ1) is 11.4. The first-order valence-electron chi connectivity index (χ1n) is 7.41. The van der Waals surface area contributed by atoms with Crippen molar-refractivity contribution >= 4 is 23.0 Å². The maximum Gasteiger partial charge on any atom is 0.272 e. The summed E-state index contributed by atoms with van der Waals surface area (Å²) in [6, 6.07) is 11.5. The number of aliphatic hydroxyl groups is 1. The first kappa shape index (κ1) is 17.4. The van der Waals surface area contributed by atoms with Crippen molar-refractivity contribution in [3.05, 3.63) is 63.7 Å². The van der Waals surface area contributed by atoms with E-state index < -0.39 is 4.92 Å². The summed E-state index contributed by atoms with van der Waals surface area (Å²) >= 11 is 0. The first-order valence-corrected chi connectivity index (χ1v) is 7.41. The molecule has 0 aliphatic rings. The molecule has 126 valence electrons. The number of carbonyl (C=O) groups excluding carboxylic acids is 1. The number of nitrogens with one attached hydrogen (secondary N) is 1. The van der Waals surface area contributed by atoms with E-state index in [1.54, 1.807) is 19.1 Å². The lowest BCUT2D eigenvalue weighted by Gasteiger charge is -2.18. The van der Waals surface area contributed by atoms with Gasteiger partial charge in [-0.25, -0.2) is 0 Å². The van der Waals surface area contributed by atoms with E-state index in [9.17, 15) is 14.9 Å². The number of amides is 1. The van der Waals surface area contributed by atoms with Gasteiger partial charge in [-0.1, -0.05) is 0 Å². The summed E-state index contributed by atoms with van der Waals surface area (Å²) in [6.07, 6.45) is 0. The molecule has 7 heteroatoms. The summed E-state index contributed by atoms with van der Waals surface area (Å²) in [6.45, 7) is 2.18. The zero-order chi connectivity index (χ0) is 17.7. The summed E-state index contributed by atoms with van der Waals surface area (Å²) in [5.74, 6) is -0.329. The number of rotatable bonds is 6. The van der Waals surface area contributed by atoms with E-state index >= 15 is 0 Å². The molecule has 0 aliphatic heterocycles. The van der Waals surface area contributed by atoms with Gasteiger partial charge in [0.15, 0.2) is 0 Å². The Kier molecular flexibility index (Phi) is 5.49. The molecule has 2 aromatic rings. The highest BCUT2D eigenvalue weighted by Gasteiger charge is 2.14. The van der Waals surface area contributed by atoms with Gasteiger partial charge in [-0.05, 0) is 43.3 Å². The minimum atomic E-state index is -0.474. The summed E-state index contributed by atoms with van der Waals surface area (Å²) in [5, 5.41) is 22.5. The largest absolute Gasteiger partial charge is 0.395 e. The van der Waals surface area contributed by atoms with Gasteiger partial charge in [0, 0.05) is 42.2 Å². The van der Waals surface area contributed by atoms with Crippen molar-refractivity contribution in [1.29, 1.82) is 0 Å². The van der Waals surface area contributed by atoms with E-state index in [2.05, 4.69) is 5.32 Å². The molecule has 24 heavy (non-hydrogen) atoms. The van der Waals surface area contributed by atoms with Crippen molar-refractivity contribution < 1.29 is 14.8 Å². The molecular formula is C17H19N3O4. The van der Waals surface area contributed by atoms with Gasteiger partial charge in [-0.15, -0.1) is 0 Å². The lowest BCUT2D eigenvalue weighted by Crippen LogP contribution is -2.21. The molecule has 0 unspecified atom stereocenters. The predicted molar refractivity (Wildman–Crippen MR) is 92.6 cm³/mol. The van der Waals surface area contributed by atoms with E-state index in [4.69, 9.17) is 5.11 Å². The van der Waals surface area contributed by atoms with Crippen LogP contribution < -0.4 is 10.2 Å². The van der Waals surface area contributed by atoms with Crippen LogP contribution in [0.2, 0.25) is 0 Å². The van der Waals surface area contributed by atoms with Crippen LogP contribution in [0.25, 0.3) is 0 Å². The number of nitro groups is 1. The van der Waals surface area contributed by atoms with Gasteiger partial charge in [0.1, 0.15) is 0 Å². The molecule has 1 amide bonds. The number of aryl methyl sites for hydroxylation is 1. The normalized spacial score (nSPS) is 10.3. The maximum atomic E-state index is 12.2. The number of hydrogen-bond donors (Lipinski definition) is 2. The number of likely N-dealkylation sites (N-methyl/N-ethyl adjacent to an activating group) is 1. The zero-order valence-electron chi connectivity index (χ0n) is 13.5. The van der Waals surface area contributed by atoms with Crippen LogP contribution in [0.3, 0.4) is 0 Å². The molecule has 0 atom stereocenters. The van der Waals surface area contributed by atoms with E-state index in [1.165, 1.54) is 18.2 Å². The van der Waals surface area contributed by atoms with E-state index in [1.807, 2.05) is 24.1 Å². The third kappa shape index (κ3) is 4.08. The Bertz CT molecular complexity index is 744. The molecule has 0 fully saturated rings. The molecule has 0 saturated carbocycles. The highest BCUT2D eigenvalue weighted by Crippen LogP contribution is 2.21. The topological polar surface area (TPSA) is 95.7 Å². The monoisotopic (exact) mass is 329 g/mol. The SMILES string of the molecule is Cc1cc(C(=O)Nc2ccc(N(C)CCO)cc2)ccc1[N+](=O)[O-]. The van der Waals surface area contributed by atoms with Gasteiger partial charge in [0.2, 0.25) is 0 Å². The predicted octanol–water partition coefficient (Wildman–Crippen LogP) is 2.58. The van der Waals surface area contributed by atoms with Crippen molar-refractivity contribution in [1.82, 2.24) is 0 Å². The van der Waals surface area contributed by atoms with Crippen molar-refractivity contribution in [3.63, 3.8) is 0 Å². The van der Waals surface area contributed by atoms with Gasteiger partial charge < -0.3 is 15.3 Å². The number of aliphatic hydroxyl groups excluding tert-OH is 1. The average molecular weight is 329 g/mol. The lowest BCUT2D eigenvalue weighted by atomic mass is 10.1.